The Bertz CT molecular complexity index is 895. The summed E-state index contributed by atoms with van der Waals surface area (Å²) in [5, 5.41) is 2.99. The molecule has 3 aromatic rings. The van der Waals surface area contributed by atoms with Crippen molar-refractivity contribution in [3.63, 3.8) is 0 Å². The first-order valence-corrected chi connectivity index (χ1v) is 9.88. The number of aromatic nitrogens is 1. The lowest BCUT2D eigenvalue weighted by Gasteiger charge is -2.33. The van der Waals surface area contributed by atoms with E-state index in [0.29, 0.717) is 0 Å². The summed E-state index contributed by atoms with van der Waals surface area (Å²) in [6, 6.07) is 13.7. The Hall–Kier alpha value is -2.70. The maximum Gasteiger partial charge on any atom is 0.246 e. The predicted molar refractivity (Wildman–Crippen MR) is 107 cm³/mol. The lowest BCUT2D eigenvalue weighted by molar-refractivity contribution is -0.127. The summed E-state index contributed by atoms with van der Waals surface area (Å²) in [6.45, 7) is 4.01. The van der Waals surface area contributed by atoms with Gasteiger partial charge in [0.1, 0.15) is 0 Å². The van der Waals surface area contributed by atoms with Crippen molar-refractivity contribution in [3.8, 4) is 10.8 Å². The smallest absolute Gasteiger partial charge is 0.246 e. The van der Waals surface area contributed by atoms with Gasteiger partial charge in [-0.15, -0.1) is 11.3 Å². The Balaban J connectivity index is 1.28. The molecule has 3 heterocycles. The van der Waals surface area contributed by atoms with Gasteiger partial charge in [-0.1, -0.05) is 30.3 Å². The third-order valence-electron chi connectivity index (χ3n) is 4.57. The number of piperazine rings is 1. The van der Waals surface area contributed by atoms with E-state index in [2.05, 4.69) is 15.3 Å². The monoisotopic (exact) mass is 379 g/mol. The summed E-state index contributed by atoms with van der Waals surface area (Å²) >= 11 is 1.60. The highest BCUT2D eigenvalue weighted by Gasteiger charge is 2.20. The van der Waals surface area contributed by atoms with Crippen LogP contribution in [0.15, 0.2) is 64.6 Å². The largest absolute Gasteiger partial charge is 0.462 e. The fraction of sp³-hybridized carbons (Fsp3) is 0.238. The van der Waals surface area contributed by atoms with E-state index in [4.69, 9.17) is 4.42 Å². The highest BCUT2D eigenvalue weighted by atomic mass is 32.1. The molecule has 138 valence electrons. The number of carbonyl (C=O) groups is 1. The molecule has 2 aromatic heterocycles. The molecule has 1 aliphatic heterocycles. The van der Waals surface area contributed by atoms with Gasteiger partial charge in [-0.3, -0.25) is 9.69 Å². The first-order valence-electron chi connectivity index (χ1n) is 9.00. The van der Waals surface area contributed by atoms with Crippen LogP contribution in [0.3, 0.4) is 0 Å². The molecule has 0 aliphatic carbocycles. The lowest BCUT2D eigenvalue weighted by Crippen LogP contribution is -2.47. The molecular weight excluding hydrogens is 358 g/mol. The SMILES string of the molecule is O=C(/C=C/c1ccccc1)N1CCN(Cc2csc(-c3ccco3)n2)CC1. The van der Waals surface area contributed by atoms with E-state index >= 15 is 0 Å². The number of rotatable bonds is 5. The molecule has 0 radical (unpaired) electrons. The number of benzene rings is 1. The molecule has 1 amide bonds. The van der Waals surface area contributed by atoms with Crippen molar-refractivity contribution in [2.45, 2.75) is 6.54 Å². The molecule has 27 heavy (non-hydrogen) atoms. The maximum absolute atomic E-state index is 12.4. The van der Waals surface area contributed by atoms with E-state index in [1.54, 1.807) is 23.7 Å². The predicted octanol–water partition coefficient (Wildman–Crippen LogP) is 3.76. The zero-order valence-corrected chi connectivity index (χ0v) is 15.8. The topological polar surface area (TPSA) is 49.6 Å². The molecule has 0 bridgehead atoms. The van der Waals surface area contributed by atoms with Gasteiger partial charge in [0.05, 0.1) is 12.0 Å². The zero-order valence-electron chi connectivity index (χ0n) is 15.0. The molecule has 1 aromatic carbocycles. The van der Waals surface area contributed by atoms with Crippen molar-refractivity contribution in [3.05, 3.63) is 71.4 Å². The molecule has 5 nitrogen and oxygen atoms in total. The standard InChI is InChI=1S/C21H21N3O2S/c25-20(9-8-17-5-2-1-3-6-17)24-12-10-23(11-13-24)15-18-16-27-21(22-18)19-7-4-14-26-19/h1-9,14,16H,10-13,15H2/b9-8+. The molecule has 4 rings (SSSR count). The molecule has 0 unspecified atom stereocenters. The Morgan fingerprint density at radius 2 is 1.93 bits per heavy atom. The van der Waals surface area contributed by atoms with Crippen molar-refractivity contribution in [1.29, 1.82) is 0 Å². The second kappa shape index (κ2) is 8.33. The van der Waals surface area contributed by atoms with E-state index in [0.717, 1.165) is 54.7 Å². The van der Waals surface area contributed by atoms with Gasteiger partial charge in [0.25, 0.3) is 0 Å². The second-order valence-electron chi connectivity index (χ2n) is 6.47. The summed E-state index contributed by atoms with van der Waals surface area (Å²) < 4.78 is 5.40. The Labute approximate surface area is 162 Å². The summed E-state index contributed by atoms with van der Waals surface area (Å²) in [4.78, 5) is 21.3. The maximum atomic E-state index is 12.4. The molecule has 0 atom stereocenters. The molecule has 6 heteroatoms. The molecule has 1 saturated heterocycles. The van der Waals surface area contributed by atoms with Crippen LogP contribution < -0.4 is 0 Å². The molecule has 0 spiro atoms. The van der Waals surface area contributed by atoms with Crippen LogP contribution in [0.2, 0.25) is 0 Å². The van der Waals surface area contributed by atoms with Gasteiger partial charge in [0.2, 0.25) is 5.91 Å². The molecule has 1 fully saturated rings. The number of thiazole rings is 1. The minimum atomic E-state index is 0.0762. The molecule has 0 saturated carbocycles. The van der Waals surface area contributed by atoms with E-state index < -0.39 is 0 Å². The summed E-state index contributed by atoms with van der Waals surface area (Å²) in [5.41, 5.74) is 2.09. The fourth-order valence-electron chi connectivity index (χ4n) is 3.09. The van der Waals surface area contributed by atoms with Crippen molar-refractivity contribution >= 4 is 23.3 Å². The van der Waals surface area contributed by atoms with E-state index in [9.17, 15) is 4.79 Å². The van der Waals surface area contributed by atoms with Crippen LogP contribution in [0, 0.1) is 0 Å². The van der Waals surface area contributed by atoms with E-state index in [-0.39, 0.29) is 5.91 Å². The Morgan fingerprint density at radius 3 is 2.67 bits per heavy atom. The second-order valence-corrected chi connectivity index (χ2v) is 7.32. The molecule has 1 aliphatic rings. The van der Waals surface area contributed by atoms with E-state index in [1.807, 2.05) is 53.4 Å². The zero-order chi connectivity index (χ0) is 18.5. The minimum absolute atomic E-state index is 0.0762. The summed E-state index contributed by atoms with van der Waals surface area (Å²) in [6.07, 6.45) is 5.21. The van der Waals surface area contributed by atoms with Crippen molar-refractivity contribution in [2.24, 2.45) is 0 Å². The van der Waals surface area contributed by atoms with Crippen LogP contribution in [0.25, 0.3) is 16.8 Å². The molecular formula is C21H21N3O2S. The lowest BCUT2D eigenvalue weighted by atomic mass is 10.2. The van der Waals surface area contributed by atoms with Crippen LogP contribution in [-0.2, 0) is 11.3 Å². The van der Waals surface area contributed by atoms with Gasteiger partial charge >= 0.3 is 0 Å². The number of amides is 1. The molecule has 0 N–H and O–H groups in total. The number of nitrogens with zero attached hydrogens (tertiary/aromatic N) is 3. The Morgan fingerprint density at radius 1 is 1.11 bits per heavy atom. The van der Waals surface area contributed by atoms with Crippen molar-refractivity contribution in [2.75, 3.05) is 26.2 Å². The van der Waals surface area contributed by atoms with Gasteiger partial charge in [0.15, 0.2) is 10.8 Å². The minimum Gasteiger partial charge on any atom is -0.462 e. The number of furan rings is 1. The first kappa shape index (κ1) is 17.7. The normalized spacial score (nSPS) is 15.5. The Kier molecular flexibility index (Phi) is 5.46. The van der Waals surface area contributed by atoms with Gasteiger partial charge in [-0.25, -0.2) is 4.98 Å². The third-order valence-corrected chi connectivity index (χ3v) is 5.48. The number of hydrogen-bond acceptors (Lipinski definition) is 5. The number of carbonyl (C=O) groups excluding carboxylic acids is 1. The van der Waals surface area contributed by atoms with Crippen LogP contribution in [0.4, 0.5) is 0 Å². The number of hydrogen-bond donors (Lipinski definition) is 0. The summed E-state index contributed by atoms with van der Waals surface area (Å²) in [7, 11) is 0. The average molecular weight is 379 g/mol. The van der Waals surface area contributed by atoms with Crippen LogP contribution >= 0.6 is 11.3 Å². The van der Waals surface area contributed by atoms with Gasteiger partial charge in [-0.2, -0.15) is 0 Å². The van der Waals surface area contributed by atoms with Gasteiger partial charge in [0, 0.05) is 44.2 Å². The highest BCUT2D eigenvalue weighted by molar-refractivity contribution is 7.13. The van der Waals surface area contributed by atoms with Crippen LogP contribution in [-0.4, -0.2) is 46.9 Å². The average Bonchev–Trinajstić information content (AvgIpc) is 3.39. The first-order chi connectivity index (χ1) is 13.3. The van der Waals surface area contributed by atoms with Crippen molar-refractivity contribution < 1.29 is 9.21 Å². The third kappa shape index (κ3) is 4.53. The quantitative estimate of drug-likeness (QED) is 0.634. The highest BCUT2D eigenvalue weighted by Crippen LogP contribution is 2.24. The van der Waals surface area contributed by atoms with Gasteiger partial charge in [-0.05, 0) is 23.8 Å². The van der Waals surface area contributed by atoms with Crippen molar-refractivity contribution in [1.82, 2.24) is 14.8 Å². The fourth-order valence-corrected chi connectivity index (χ4v) is 3.86. The van der Waals surface area contributed by atoms with Gasteiger partial charge < -0.3 is 9.32 Å². The van der Waals surface area contributed by atoms with Crippen LogP contribution in [0.5, 0.6) is 0 Å². The van der Waals surface area contributed by atoms with Crippen LogP contribution in [0.1, 0.15) is 11.3 Å². The summed E-state index contributed by atoms with van der Waals surface area (Å²) in [5.74, 6) is 0.888. The van der Waals surface area contributed by atoms with E-state index in [1.165, 1.54) is 0 Å².